The number of nitrogens with two attached hydrogens (primary N) is 2. The molecule has 224 valence electrons. The lowest BCUT2D eigenvalue weighted by Gasteiger charge is -2.29. The lowest BCUT2D eigenvalue weighted by Crippen LogP contribution is -2.12. The summed E-state index contributed by atoms with van der Waals surface area (Å²) in [6.07, 6.45) is 0.756. The molecule has 6 rings (SSSR count). The first-order chi connectivity index (χ1) is 22.1. The van der Waals surface area contributed by atoms with Crippen LogP contribution >= 0.6 is 0 Å². The van der Waals surface area contributed by atoms with Crippen molar-refractivity contribution < 1.29 is 10.2 Å². The first kappa shape index (κ1) is 29.9. The second-order valence-electron chi connectivity index (χ2n) is 11.3. The lowest BCUT2D eigenvalue weighted by molar-refractivity contribution is 0.470. The maximum atomic E-state index is 11.7. The van der Waals surface area contributed by atoms with Crippen molar-refractivity contribution in [3.8, 4) is 56.0 Å². The summed E-state index contributed by atoms with van der Waals surface area (Å²) in [6, 6.07) is 44.5. The normalized spacial score (nSPS) is 11.2. The molecule has 0 bridgehead atoms. The maximum Gasteiger partial charge on any atom is 0.128 e. The average molecular weight is 591 g/mol. The highest BCUT2D eigenvalue weighted by atomic mass is 16.3. The minimum atomic E-state index is -0.128. The summed E-state index contributed by atoms with van der Waals surface area (Å²) in [5.74, 6) is 0.266. The van der Waals surface area contributed by atoms with E-state index in [1.165, 1.54) is 0 Å². The first-order valence-electron chi connectivity index (χ1n) is 15.5. The molecule has 0 aliphatic rings. The van der Waals surface area contributed by atoms with Gasteiger partial charge in [-0.3, -0.25) is 0 Å². The molecule has 4 heteroatoms. The Balaban J connectivity index is 1.74. The topological polar surface area (TPSA) is 92.5 Å². The molecule has 0 amide bonds. The highest BCUT2D eigenvalue weighted by Crippen LogP contribution is 2.50. The molecule has 6 aromatic rings. The van der Waals surface area contributed by atoms with Crippen LogP contribution in [0.25, 0.3) is 44.5 Å². The molecular weight excluding hydrogens is 552 g/mol. The standard InChI is InChI=1S/C41H38N2O2/c1-2-31(34-23-32(27-15-7-3-8-16-27)40(44)36(25-42)38(34)29-19-11-5-12-20-29)35-24-33(28-17-9-4-10-18-28)41(45)37(26-43)39(35)30-21-13-6-14-22-30/h3-24,31,44-45H,2,25-26,42-43H2,1H3. The van der Waals surface area contributed by atoms with Gasteiger partial charge in [-0.25, -0.2) is 0 Å². The smallest absolute Gasteiger partial charge is 0.128 e. The number of aromatic hydroxyl groups is 2. The van der Waals surface area contributed by atoms with E-state index < -0.39 is 0 Å². The van der Waals surface area contributed by atoms with Gasteiger partial charge in [0, 0.05) is 41.3 Å². The predicted octanol–water partition coefficient (Wildman–Crippen LogP) is 9.23. The predicted molar refractivity (Wildman–Crippen MR) is 186 cm³/mol. The third kappa shape index (κ3) is 5.62. The molecule has 0 heterocycles. The van der Waals surface area contributed by atoms with Gasteiger partial charge in [0.1, 0.15) is 11.5 Å². The highest BCUT2D eigenvalue weighted by molar-refractivity contribution is 5.87. The zero-order valence-electron chi connectivity index (χ0n) is 25.4. The van der Waals surface area contributed by atoms with E-state index in [2.05, 4.69) is 43.3 Å². The van der Waals surface area contributed by atoms with Gasteiger partial charge in [0.2, 0.25) is 0 Å². The zero-order chi connectivity index (χ0) is 31.3. The molecule has 0 fully saturated rings. The quantitative estimate of drug-likeness (QED) is 0.135. The minimum Gasteiger partial charge on any atom is -0.507 e. The van der Waals surface area contributed by atoms with E-state index in [1.807, 2.05) is 97.1 Å². The number of phenols is 2. The van der Waals surface area contributed by atoms with Gasteiger partial charge in [-0.2, -0.15) is 0 Å². The molecule has 45 heavy (non-hydrogen) atoms. The molecule has 0 saturated carbocycles. The van der Waals surface area contributed by atoms with E-state index in [4.69, 9.17) is 11.5 Å². The molecule has 0 radical (unpaired) electrons. The summed E-state index contributed by atoms with van der Waals surface area (Å²) in [4.78, 5) is 0. The molecule has 0 atom stereocenters. The maximum absolute atomic E-state index is 11.7. The van der Waals surface area contributed by atoms with Crippen LogP contribution in [0.1, 0.15) is 41.5 Å². The van der Waals surface area contributed by atoms with Crippen molar-refractivity contribution in [2.24, 2.45) is 11.5 Å². The molecule has 0 unspecified atom stereocenters. The van der Waals surface area contributed by atoms with E-state index in [0.717, 1.165) is 62.1 Å². The molecule has 4 nitrogen and oxygen atoms in total. The lowest BCUT2D eigenvalue weighted by atomic mass is 9.76. The third-order valence-corrected chi connectivity index (χ3v) is 8.72. The van der Waals surface area contributed by atoms with Crippen molar-refractivity contribution in [1.82, 2.24) is 0 Å². The van der Waals surface area contributed by atoms with Crippen molar-refractivity contribution in [3.63, 3.8) is 0 Å². The van der Waals surface area contributed by atoms with Crippen LogP contribution in [0.5, 0.6) is 11.5 Å². The Morgan fingerprint density at radius 1 is 0.489 bits per heavy atom. The van der Waals surface area contributed by atoms with Crippen LogP contribution in [0.3, 0.4) is 0 Å². The third-order valence-electron chi connectivity index (χ3n) is 8.72. The molecule has 6 N–H and O–H groups in total. The van der Waals surface area contributed by atoms with Gasteiger partial charge in [0.25, 0.3) is 0 Å². The van der Waals surface area contributed by atoms with Crippen LogP contribution in [0.15, 0.2) is 133 Å². The van der Waals surface area contributed by atoms with Crippen LogP contribution < -0.4 is 11.5 Å². The Hall–Kier alpha value is -5.16. The Morgan fingerprint density at radius 3 is 1.09 bits per heavy atom. The summed E-state index contributed by atoms with van der Waals surface area (Å²) in [7, 11) is 0. The summed E-state index contributed by atoms with van der Waals surface area (Å²) >= 11 is 0. The molecule has 6 aromatic carbocycles. The van der Waals surface area contributed by atoms with Gasteiger partial charge >= 0.3 is 0 Å². The Labute approximate surface area is 265 Å². The van der Waals surface area contributed by atoms with Crippen LogP contribution in [0.4, 0.5) is 0 Å². The van der Waals surface area contributed by atoms with Crippen LogP contribution in [0.2, 0.25) is 0 Å². The Kier molecular flexibility index (Phi) is 8.79. The Bertz CT molecular complexity index is 1760. The molecule has 0 saturated heterocycles. The molecule has 0 spiro atoms. The number of benzene rings is 6. The minimum absolute atomic E-state index is 0.128. The monoisotopic (exact) mass is 590 g/mol. The molecule has 0 aliphatic heterocycles. The van der Waals surface area contributed by atoms with Crippen molar-refractivity contribution in [1.29, 1.82) is 0 Å². The van der Waals surface area contributed by atoms with Crippen LogP contribution in [0, 0.1) is 0 Å². The van der Waals surface area contributed by atoms with Crippen molar-refractivity contribution in [2.45, 2.75) is 32.4 Å². The van der Waals surface area contributed by atoms with Crippen LogP contribution in [-0.2, 0) is 13.1 Å². The number of hydrogen-bond acceptors (Lipinski definition) is 4. The molecule has 0 aliphatic carbocycles. The van der Waals surface area contributed by atoms with E-state index >= 15 is 0 Å². The number of hydrogen-bond donors (Lipinski definition) is 4. The van der Waals surface area contributed by atoms with Gasteiger partial charge < -0.3 is 21.7 Å². The van der Waals surface area contributed by atoms with Crippen molar-refractivity contribution in [3.05, 3.63) is 156 Å². The van der Waals surface area contributed by atoms with E-state index in [0.29, 0.717) is 11.1 Å². The van der Waals surface area contributed by atoms with Gasteiger partial charge in [0.05, 0.1) is 0 Å². The SMILES string of the molecule is CCC(c1cc(-c2ccccc2)c(O)c(CN)c1-c1ccccc1)c1cc(-c2ccccc2)c(O)c(CN)c1-c1ccccc1. The second-order valence-corrected chi connectivity index (χ2v) is 11.3. The van der Waals surface area contributed by atoms with E-state index in [9.17, 15) is 10.2 Å². The van der Waals surface area contributed by atoms with Gasteiger partial charge in [-0.1, -0.05) is 128 Å². The average Bonchev–Trinajstić information content (AvgIpc) is 3.10. The molecule has 0 aromatic heterocycles. The highest BCUT2D eigenvalue weighted by Gasteiger charge is 2.29. The Morgan fingerprint density at radius 2 is 0.800 bits per heavy atom. The fourth-order valence-corrected chi connectivity index (χ4v) is 6.62. The fourth-order valence-electron chi connectivity index (χ4n) is 6.62. The van der Waals surface area contributed by atoms with E-state index in [1.54, 1.807) is 0 Å². The number of rotatable bonds is 9. The summed E-state index contributed by atoms with van der Waals surface area (Å²) in [5, 5.41) is 23.5. The van der Waals surface area contributed by atoms with Gasteiger partial charge in [-0.15, -0.1) is 0 Å². The van der Waals surface area contributed by atoms with Crippen molar-refractivity contribution in [2.75, 3.05) is 0 Å². The number of phenolic OH excluding ortho intramolecular Hbond substituents is 2. The summed E-state index contributed by atoms with van der Waals surface area (Å²) in [6.45, 7) is 2.53. The summed E-state index contributed by atoms with van der Waals surface area (Å²) < 4.78 is 0. The van der Waals surface area contributed by atoms with Gasteiger partial charge in [-0.05, 0) is 63.1 Å². The summed E-state index contributed by atoms with van der Waals surface area (Å²) in [5.41, 5.74) is 23.6. The largest absolute Gasteiger partial charge is 0.507 e. The van der Waals surface area contributed by atoms with Crippen LogP contribution in [-0.4, -0.2) is 10.2 Å². The van der Waals surface area contributed by atoms with Gasteiger partial charge in [0.15, 0.2) is 0 Å². The van der Waals surface area contributed by atoms with Crippen molar-refractivity contribution >= 4 is 0 Å². The van der Waals surface area contributed by atoms with E-state index in [-0.39, 0.29) is 30.5 Å². The fraction of sp³-hybridized carbons (Fsp3) is 0.122. The zero-order valence-corrected chi connectivity index (χ0v) is 25.4. The second kappa shape index (κ2) is 13.2. The molecular formula is C41H38N2O2. The first-order valence-corrected chi connectivity index (χ1v) is 15.5.